The highest BCUT2D eigenvalue weighted by atomic mass is 32.2. The van der Waals surface area contributed by atoms with Crippen LogP contribution in [0.3, 0.4) is 0 Å². The van der Waals surface area contributed by atoms with E-state index in [2.05, 4.69) is 5.32 Å². The van der Waals surface area contributed by atoms with E-state index in [0.29, 0.717) is 24.3 Å². The molecule has 0 unspecified atom stereocenters. The van der Waals surface area contributed by atoms with E-state index in [-0.39, 0.29) is 23.6 Å². The highest BCUT2D eigenvalue weighted by Crippen LogP contribution is 2.51. The second-order valence-electron chi connectivity index (χ2n) is 7.58. The number of carboxylic acid groups (broad SMARTS) is 1. The third-order valence-electron chi connectivity index (χ3n) is 5.71. The maximum Gasteiger partial charge on any atom is 0.352 e. The predicted molar refractivity (Wildman–Crippen MR) is 111 cm³/mol. The number of rotatable bonds is 8. The number of imidazole rings is 1. The fraction of sp³-hybridized carbons (Fsp3) is 0.474. The second kappa shape index (κ2) is 7.71. The Balaban J connectivity index is 1.72. The Bertz CT molecular complexity index is 1070. The first kappa shape index (κ1) is 20.9. The Morgan fingerprint density at radius 2 is 2.23 bits per heavy atom. The van der Waals surface area contributed by atoms with E-state index < -0.39 is 18.0 Å². The molecule has 9 nitrogen and oxygen atoms in total. The number of nitrogens with zero attached hydrogens (tertiary/aromatic N) is 3. The summed E-state index contributed by atoms with van der Waals surface area (Å²) in [4.78, 5) is 38.2. The number of aliphatic hydroxyl groups is 1. The molecule has 1 fully saturated rings. The summed E-state index contributed by atoms with van der Waals surface area (Å²) < 4.78 is 3.95. The van der Waals surface area contributed by atoms with Crippen molar-refractivity contribution in [2.75, 3.05) is 12.3 Å². The first-order chi connectivity index (χ1) is 14.3. The number of carbonyl (C=O) groups is 3. The fourth-order valence-electron chi connectivity index (χ4n) is 4.44. The van der Waals surface area contributed by atoms with Gasteiger partial charge in [0.25, 0.3) is 0 Å². The van der Waals surface area contributed by atoms with E-state index in [1.807, 2.05) is 35.5 Å². The fourth-order valence-corrected chi connectivity index (χ4v) is 6.84. The maximum absolute atomic E-state index is 12.5. The van der Waals surface area contributed by atoms with Gasteiger partial charge in [0.2, 0.25) is 28.5 Å². The van der Waals surface area contributed by atoms with Gasteiger partial charge in [-0.15, -0.1) is 0 Å². The van der Waals surface area contributed by atoms with Gasteiger partial charge < -0.3 is 20.4 Å². The number of aliphatic carboxylic acids is 1. The number of nitrogens with one attached hydrogen (secondary N) is 1. The maximum atomic E-state index is 12.5. The molecular weight excluding hydrogens is 428 g/mol. The van der Waals surface area contributed by atoms with Crippen molar-refractivity contribution in [1.29, 1.82) is 0 Å². The van der Waals surface area contributed by atoms with E-state index in [1.165, 1.54) is 16.2 Å². The molecule has 0 aliphatic carbocycles. The highest BCUT2D eigenvalue weighted by molar-refractivity contribution is 7.99. The van der Waals surface area contributed by atoms with Crippen LogP contribution in [0.5, 0.6) is 0 Å². The largest absolute Gasteiger partial charge is 0.477 e. The topological polar surface area (TPSA) is 115 Å². The minimum absolute atomic E-state index is 0.0210. The summed E-state index contributed by atoms with van der Waals surface area (Å²) >= 11 is 3.09. The molecule has 2 aliphatic heterocycles. The molecule has 0 saturated carbocycles. The zero-order valence-corrected chi connectivity index (χ0v) is 18.4. The van der Waals surface area contributed by atoms with Gasteiger partial charge in [-0.3, -0.25) is 9.59 Å². The van der Waals surface area contributed by atoms with Crippen LogP contribution in [0.25, 0.3) is 10.4 Å². The first-order valence-electron chi connectivity index (χ1n) is 9.56. The van der Waals surface area contributed by atoms with Gasteiger partial charge in [-0.25, -0.2) is 9.36 Å². The average Bonchev–Trinajstić information content (AvgIpc) is 3.26. The van der Waals surface area contributed by atoms with Crippen LogP contribution in [-0.2, 0) is 21.4 Å². The second-order valence-corrected chi connectivity index (χ2v) is 9.70. The number of amides is 2. The van der Waals surface area contributed by atoms with Crippen molar-refractivity contribution in [1.82, 2.24) is 14.6 Å². The van der Waals surface area contributed by atoms with Gasteiger partial charge in [0.15, 0.2) is 0 Å². The predicted octanol–water partition coefficient (Wildman–Crippen LogP) is 0.317. The third-order valence-corrected chi connectivity index (χ3v) is 8.14. The van der Waals surface area contributed by atoms with Crippen molar-refractivity contribution in [3.05, 3.63) is 23.1 Å². The van der Waals surface area contributed by atoms with Gasteiger partial charge in [-0.05, 0) is 6.92 Å². The Hall–Kier alpha value is -2.37. The number of thiazole rings is 1. The van der Waals surface area contributed by atoms with Gasteiger partial charge in [0, 0.05) is 23.8 Å². The van der Waals surface area contributed by atoms with Crippen LogP contribution in [-0.4, -0.2) is 62.2 Å². The third kappa shape index (κ3) is 3.03. The number of β-lactam (4-membered cyclic amide) rings is 1. The smallest absolute Gasteiger partial charge is 0.352 e. The molecule has 0 bridgehead atoms. The van der Waals surface area contributed by atoms with Crippen LogP contribution in [0.2, 0.25) is 0 Å². The number of carboxylic acids is 1. The lowest BCUT2D eigenvalue weighted by Crippen LogP contribution is -2.63. The summed E-state index contributed by atoms with van der Waals surface area (Å²) in [5.41, 5.74) is 0.659. The molecule has 3 N–H and O–H groups in total. The van der Waals surface area contributed by atoms with Crippen molar-refractivity contribution in [3.8, 4) is 0 Å². The molecule has 0 radical (unpaired) electrons. The minimum atomic E-state index is -1.13. The average molecular weight is 452 g/mol. The van der Waals surface area contributed by atoms with Crippen LogP contribution >= 0.6 is 23.1 Å². The lowest BCUT2D eigenvalue weighted by Gasteiger charge is -2.46. The molecule has 2 aromatic rings. The summed E-state index contributed by atoms with van der Waals surface area (Å²) in [6, 6.07) is -0.334. The number of hydrogen-bond acceptors (Lipinski definition) is 6. The summed E-state index contributed by atoms with van der Waals surface area (Å²) in [5, 5.41) is 23.5. The molecule has 4 heterocycles. The van der Waals surface area contributed by atoms with Gasteiger partial charge in [-0.2, -0.15) is 4.40 Å². The van der Waals surface area contributed by atoms with Gasteiger partial charge in [-0.1, -0.05) is 30.0 Å². The Labute approximate surface area is 181 Å². The Kier molecular flexibility index (Phi) is 5.37. The van der Waals surface area contributed by atoms with Crippen LogP contribution < -0.4 is 9.88 Å². The van der Waals surface area contributed by atoms with Gasteiger partial charge in [0.1, 0.15) is 11.9 Å². The van der Waals surface area contributed by atoms with E-state index >= 15 is 0 Å². The minimum Gasteiger partial charge on any atom is -0.477 e. The molecular formula is C19H23N4O5S2+. The lowest BCUT2D eigenvalue weighted by atomic mass is 9.77. The molecule has 0 spiro atoms. The molecule has 4 atom stereocenters. The summed E-state index contributed by atoms with van der Waals surface area (Å²) in [6.07, 6.45) is 3.67. The number of aromatic nitrogens is 2. The lowest BCUT2D eigenvalue weighted by molar-refractivity contribution is -0.705. The number of aryl methyl sites for hydroxylation is 1. The van der Waals surface area contributed by atoms with E-state index in [9.17, 15) is 24.6 Å². The molecule has 1 saturated heterocycles. The standard InChI is InChI=1S/C19H22N4O5S2/c1-9-12(15(19(27)28)23-14(9)13(10(2)25)16(23)26)11-6-22-8-21(3)17(18(22)30-11)29-5-4-20-7-24/h6-10,13-14,25H,4-5H2,1-3H3,(H-,20,24,27,28)/p+1/t9-,10+,13+,14+/m0/s1. The number of carbonyl (C=O) groups excluding carboxylic acids is 2. The molecule has 160 valence electrons. The SMILES string of the molecule is C[C@@H](O)[C@H]1C(=O)N2C(C(=O)O)=C(c3cn4c[n+](C)c(SCCNC=O)c4s3)[C@H](C)[C@H]12. The van der Waals surface area contributed by atoms with Crippen molar-refractivity contribution < 1.29 is 29.2 Å². The van der Waals surface area contributed by atoms with E-state index in [1.54, 1.807) is 18.7 Å². The zero-order valence-electron chi connectivity index (χ0n) is 16.7. The summed E-state index contributed by atoms with van der Waals surface area (Å²) in [5.74, 6) is -1.53. The number of fused-ring (bicyclic) bond motifs is 2. The van der Waals surface area contributed by atoms with Gasteiger partial charge >= 0.3 is 5.97 Å². The van der Waals surface area contributed by atoms with Crippen LogP contribution in [0, 0.1) is 11.8 Å². The number of thioether (sulfide) groups is 1. The van der Waals surface area contributed by atoms with Crippen molar-refractivity contribution in [2.45, 2.75) is 31.0 Å². The Morgan fingerprint density at radius 3 is 2.87 bits per heavy atom. The summed E-state index contributed by atoms with van der Waals surface area (Å²) in [6.45, 7) is 4.04. The molecule has 2 amide bonds. The quantitative estimate of drug-likeness (QED) is 0.175. The first-order valence-corrected chi connectivity index (χ1v) is 11.4. The van der Waals surface area contributed by atoms with E-state index in [4.69, 9.17) is 0 Å². The molecule has 2 aromatic heterocycles. The molecule has 2 aliphatic rings. The van der Waals surface area contributed by atoms with Crippen molar-refractivity contribution in [2.24, 2.45) is 18.9 Å². The van der Waals surface area contributed by atoms with Crippen LogP contribution in [0.15, 0.2) is 23.2 Å². The van der Waals surface area contributed by atoms with Crippen molar-refractivity contribution >= 4 is 51.8 Å². The number of hydrogen-bond donors (Lipinski definition) is 3. The summed E-state index contributed by atoms with van der Waals surface area (Å²) in [7, 11) is 1.94. The molecule has 11 heteroatoms. The van der Waals surface area contributed by atoms with E-state index in [0.717, 1.165) is 14.7 Å². The van der Waals surface area contributed by atoms with Gasteiger partial charge in [0.05, 0.1) is 30.0 Å². The Morgan fingerprint density at radius 1 is 1.50 bits per heavy atom. The molecule has 30 heavy (non-hydrogen) atoms. The van der Waals surface area contributed by atoms with Crippen LogP contribution in [0.4, 0.5) is 0 Å². The van der Waals surface area contributed by atoms with Crippen molar-refractivity contribution in [3.63, 3.8) is 0 Å². The normalized spacial score (nSPS) is 24.2. The zero-order chi connectivity index (χ0) is 21.7. The molecule has 4 rings (SSSR count). The monoisotopic (exact) mass is 451 g/mol. The van der Waals surface area contributed by atoms with Crippen LogP contribution in [0.1, 0.15) is 18.7 Å². The highest BCUT2D eigenvalue weighted by Gasteiger charge is 2.60. The molecule has 0 aromatic carbocycles. The number of aliphatic hydroxyl groups excluding tert-OH is 1.